The van der Waals surface area contributed by atoms with Crippen molar-refractivity contribution in [3.8, 4) is 0 Å². The van der Waals surface area contributed by atoms with Gasteiger partial charge in [-0.05, 0) is 18.3 Å². The first-order valence-electron chi connectivity index (χ1n) is 4.62. The van der Waals surface area contributed by atoms with Crippen LogP contribution in [0, 0.1) is 11.3 Å². The molecule has 80 valence electrons. The molecule has 0 amide bonds. The van der Waals surface area contributed by atoms with Gasteiger partial charge in [0, 0.05) is 0 Å². The zero-order valence-electron chi connectivity index (χ0n) is 9.42. The van der Waals surface area contributed by atoms with Gasteiger partial charge in [0.1, 0.15) is 0 Å². The zero-order chi connectivity index (χ0) is 11.5. The average Bonchev–Trinajstić information content (AvgIpc) is 1.96. The van der Waals surface area contributed by atoms with E-state index in [0.29, 0.717) is 0 Å². The Kier molecular flexibility index (Phi) is 4.05. The van der Waals surface area contributed by atoms with Gasteiger partial charge in [0.05, 0.1) is 5.57 Å². The summed E-state index contributed by atoms with van der Waals surface area (Å²) in [6.07, 6.45) is 1.53. The molecule has 0 saturated heterocycles. The zero-order valence-corrected chi connectivity index (χ0v) is 9.42. The minimum atomic E-state index is -1.14. The summed E-state index contributed by atoms with van der Waals surface area (Å²) in [6.45, 7) is 9.20. The van der Waals surface area contributed by atoms with Crippen LogP contribution in [0.3, 0.4) is 0 Å². The Morgan fingerprint density at radius 2 is 1.71 bits per heavy atom. The average molecular weight is 198 g/mol. The molecular formula is C11H18O3. The third kappa shape index (κ3) is 3.73. The van der Waals surface area contributed by atoms with Crippen molar-refractivity contribution in [1.29, 1.82) is 0 Å². The van der Waals surface area contributed by atoms with Crippen molar-refractivity contribution in [3.63, 3.8) is 0 Å². The number of aliphatic carboxylic acids is 1. The van der Waals surface area contributed by atoms with Gasteiger partial charge in [-0.3, -0.25) is 4.79 Å². The summed E-state index contributed by atoms with van der Waals surface area (Å²) in [7, 11) is 0. The number of carbonyl (C=O) groups excluding carboxylic acids is 1. The van der Waals surface area contributed by atoms with E-state index >= 15 is 0 Å². The highest BCUT2D eigenvalue weighted by molar-refractivity contribution is 6.15. The Hall–Kier alpha value is -1.12. The normalized spacial score (nSPS) is 15.1. The summed E-state index contributed by atoms with van der Waals surface area (Å²) in [5, 5.41) is 8.77. The van der Waals surface area contributed by atoms with Gasteiger partial charge in [0.15, 0.2) is 5.78 Å². The molecule has 0 rings (SSSR count). The molecular weight excluding hydrogens is 180 g/mol. The van der Waals surface area contributed by atoms with Crippen LogP contribution in [-0.2, 0) is 9.59 Å². The minimum absolute atomic E-state index is 0.0316. The number of hydrogen-bond acceptors (Lipinski definition) is 2. The van der Waals surface area contributed by atoms with Crippen LogP contribution in [0.5, 0.6) is 0 Å². The third-order valence-corrected chi connectivity index (χ3v) is 2.39. The van der Waals surface area contributed by atoms with E-state index in [-0.39, 0.29) is 16.9 Å². The smallest absolute Gasteiger partial charge is 0.338 e. The lowest BCUT2D eigenvalue weighted by molar-refractivity contribution is -0.134. The number of allylic oxidation sites excluding steroid dienone is 1. The van der Waals surface area contributed by atoms with Crippen molar-refractivity contribution >= 4 is 11.8 Å². The predicted molar refractivity (Wildman–Crippen MR) is 55.0 cm³/mol. The summed E-state index contributed by atoms with van der Waals surface area (Å²) in [5.74, 6) is -1.49. The van der Waals surface area contributed by atoms with Gasteiger partial charge in [0.25, 0.3) is 0 Å². The standard InChI is InChI=1S/C11H18O3/c1-7(11(3,4)5)6-9(8(2)12)10(13)14/h6-7H,1-5H3,(H,13,14)/b9-6+. The lowest BCUT2D eigenvalue weighted by atomic mass is 9.81. The maximum atomic E-state index is 11.0. The second-order valence-electron chi connectivity index (χ2n) is 4.60. The Morgan fingerprint density at radius 1 is 1.29 bits per heavy atom. The fourth-order valence-electron chi connectivity index (χ4n) is 0.839. The molecule has 1 unspecified atom stereocenters. The molecule has 0 spiro atoms. The first-order valence-corrected chi connectivity index (χ1v) is 4.62. The number of carboxylic acids is 1. The molecule has 3 nitrogen and oxygen atoms in total. The monoisotopic (exact) mass is 198 g/mol. The number of Topliss-reactive ketones (excluding diaryl/α,β-unsaturated/α-hetero) is 1. The van der Waals surface area contributed by atoms with Crippen LogP contribution in [0.15, 0.2) is 11.6 Å². The first kappa shape index (κ1) is 12.9. The van der Waals surface area contributed by atoms with Crippen LogP contribution in [0.4, 0.5) is 0 Å². The summed E-state index contributed by atoms with van der Waals surface area (Å²) in [5.41, 5.74) is -0.150. The van der Waals surface area contributed by atoms with Crippen molar-refractivity contribution in [1.82, 2.24) is 0 Å². The Balaban J connectivity index is 4.94. The maximum absolute atomic E-state index is 11.0. The summed E-state index contributed by atoms with van der Waals surface area (Å²) in [4.78, 5) is 21.7. The van der Waals surface area contributed by atoms with Crippen LogP contribution in [-0.4, -0.2) is 16.9 Å². The van der Waals surface area contributed by atoms with E-state index in [0.717, 1.165) is 0 Å². The number of carboxylic acid groups (broad SMARTS) is 1. The van der Waals surface area contributed by atoms with E-state index in [4.69, 9.17) is 5.11 Å². The first-order chi connectivity index (χ1) is 6.16. The maximum Gasteiger partial charge on any atom is 0.338 e. The van der Waals surface area contributed by atoms with E-state index < -0.39 is 11.8 Å². The van der Waals surface area contributed by atoms with Crippen molar-refractivity contribution in [2.75, 3.05) is 0 Å². The molecule has 0 aromatic heterocycles. The molecule has 0 heterocycles. The van der Waals surface area contributed by atoms with Crippen molar-refractivity contribution in [2.45, 2.75) is 34.6 Å². The van der Waals surface area contributed by atoms with Gasteiger partial charge in [-0.25, -0.2) is 4.79 Å². The highest BCUT2D eigenvalue weighted by atomic mass is 16.4. The highest BCUT2D eigenvalue weighted by Crippen LogP contribution is 2.27. The van der Waals surface area contributed by atoms with E-state index in [1.807, 2.05) is 27.7 Å². The van der Waals surface area contributed by atoms with Gasteiger partial charge in [0.2, 0.25) is 0 Å². The SMILES string of the molecule is CC(=O)/C(=C\C(C)C(C)(C)C)C(=O)O. The molecule has 0 fully saturated rings. The molecule has 0 aliphatic heterocycles. The number of ketones is 1. The Bertz CT molecular complexity index is 253. The highest BCUT2D eigenvalue weighted by Gasteiger charge is 2.21. The largest absolute Gasteiger partial charge is 0.478 e. The Labute approximate surface area is 84.8 Å². The number of hydrogen-bond donors (Lipinski definition) is 1. The second kappa shape index (κ2) is 4.40. The quantitative estimate of drug-likeness (QED) is 0.430. The molecule has 0 aromatic rings. The lowest BCUT2D eigenvalue weighted by Gasteiger charge is -2.24. The summed E-state index contributed by atoms with van der Waals surface area (Å²) in [6, 6.07) is 0. The van der Waals surface area contributed by atoms with Crippen LogP contribution < -0.4 is 0 Å². The van der Waals surface area contributed by atoms with Gasteiger partial charge in [-0.1, -0.05) is 33.8 Å². The molecule has 0 saturated carbocycles. The van der Waals surface area contributed by atoms with Gasteiger partial charge in [-0.15, -0.1) is 0 Å². The molecule has 0 bridgehead atoms. The molecule has 0 aliphatic rings. The van der Waals surface area contributed by atoms with Crippen LogP contribution in [0.25, 0.3) is 0 Å². The molecule has 1 atom stereocenters. The summed E-state index contributed by atoms with van der Waals surface area (Å²) < 4.78 is 0. The van der Waals surface area contributed by atoms with Gasteiger partial charge >= 0.3 is 5.97 Å². The van der Waals surface area contributed by atoms with E-state index in [2.05, 4.69) is 0 Å². The van der Waals surface area contributed by atoms with Gasteiger partial charge < -0.3 is 5.11 Å². The van der Waals surface area contributed by atoms with E-state index in [1.54, 1.807) is 0 Å². The van der Waals surface area contributed by atoms with Crippen LogP contribution >= 0.6 is 0 Å². The molecule has 0 aliphatic carbocycles. The lowest BCUT2D eigenvalue weighted by Crippen LogP contribution is -2.18. The molecule has 0 radical (unpaired) electrons. The third-order valence-electron chi connectivity index (χ3n) is 2.39. The van der Waals surface area contributed by atoms with Gasteiger partial charge in [-0.2, -0.15) is 0 Å². The van der Waals surface area contributed by atoms with Crippen molar-refractivity contribution < 1.29 is 14.7 Å². The predicted octanol–water partition coefficient (Wildman–Crippen LogP) is 2.27. The van der Waals surface area contributed by atoms with Crippen LogP contribution in [0.1, 0.15) is 34.6 Å². The number of rotatable bonds is 3. The second-order valence-corrected chi connectivity index (χ2v) is 4.60. The van der Waals surface area contributed by atoms with E-state index in [1.165, 1.54) is 13.0 Å². The van der Waals surface area contributed by atoms with E-state index in [9.17, 15) is 9.59 Å². The molecule has 3 heteroatoms. The topological polar surface area (TPSA) is 54.4 Å². The molecule has 1 N–H and O–H groups in total. The van der Waals surface area contributed by atoms with Crippen molar-refractivity contribution in [2.24, 2.45) is 11.3 Å². The fourth-order valence-corrected chi connectivity index (χ4v) is 0.839. The minimum Gasteiger partial charge on any atom is -0.478 e. The summed E-state index contributed by atoms with van der Waals surface area (Å²) >= 11 is 0. The van der Waals surface area contributed by atoms with Crippen LogP contribution in [0.2, 0.25) is 0 Å². The molecule has 0 aromatic carbocycles. The number of carbonyl (C=O) groups is 2. The fraction of sp³-hybridized carbons (Fsp3) is 0.636. The molecule has 14 heavy (non-hydrogen) atoms. The Morgan fingerprint density at radius 3 is 1.93 bits per heavy atom. The van der Waals surface area contributed by atoms with Crippen molar-refractivity contribution in [3.05, 3.63) is 11.6 Å².